The highest BCUT2D eigenvalue weighted by molar-refractivity contribution is 5.81. The molecule has 33 heavy (non-hydrogen) atoms. The number of nitrogens with zero attached hydrogens (tertiary/aromatic N) is 3. The molecule has 172 valence electrons. The number of rotatable bonds is 6. The first kappa shape index (κ1) is 21.4. The quantitative estimate of drug-likeness (QED) is 0.619. The Morgan fingerprint density at radius 1 is 1.12 bits per heavy atom. The average Bonchev–Trinajstić information content (AvgIpc) is 3.47. The van der Waals surface area contributed by atoms with Gasteiger partial charge < -0.3 is 9.64 Å². The lowest BCUT2D eigenvalue weighted by Gasteiger charge is -2.16. The molecule has 0 bridgehead atoms. The van der Waals surface area contributed by atoms with Gasteiger partial charge in [-0.05, 0) is 36.8 Å². The van der Waals surface area contributed by atoms with Crippen LogP contribution in [0.25, 0.3) is 22.5 Å². The smallest absolute Gasteiger partial charge is 0.343 e. The van der Waals surface area contributed by atoms with E-state index >= 15 is 0 Å². The van der Waals surface area contributed by atoms with E-state index in [0.717, 1.165) is 37.9 Å². The lowest BCUT2D eigenvalue weighted by atomic mass is 10.0. The first-order valence-electron chi connectivity index (χ1n) is 11.0. The molecular formula is C24H24F2N4O3. The Bertz CT molecular complexity index is 1250. The zero-order valence-corrected chi connectivity index (χ0v) is 18.2. The van der Waals surface area contributed by atoms with Crippen LogP contribution >= 0.6 is 0 Å². The van der Waals surface area contributed by atoms with Crippen LogP contribution in [0.1, 0.15) is 19.3 Å². The van der Waals surface area contributed by atoms with Crippen molar-refractivity contribution in [3.8, 4) is 28.3 Å². The van der Waals surface area contributed by atoms with Gasteiger partial charge in [-0.25, -0.2) is 18.7 Å². The predicted octanol–water partition coefficient (Wildman–Crippen LogP) is 3.45. The number of H-pyrrole nitrogens is 1. The Hall–Kier alpha value is -3.49. The van der Waals surface area contributed by atoms with Gasteiger partial charge in [-0.2, -0.15) is 5.10 Å². The van der Waals surface area contributed by atoms with Crippen LogP contribution < -0.4 is 10.4 Å². The Morgan fingerprint density at radius 3 is 2.55 bits per heavy atom. The van der Waals surface area contributed by atoms with Crippen molar-refractivity contribution in [2.24, 2.45) is 11.8 Å². The number of aromatic amines is 1. The number of likely N-dealkylation sites (tertiary alicyclic amines) is 1. The average molecular weight is 454 g/mol. The van der Waals surface area contributed by atoms with Crippen LogP contribution in [0.3, 0.4) is 0 Å². The van der Waals surface area contributed by atoms with Crippen molar-refractivity contribution in [2.45, 2.75) is 25.8 Å². The Kier molecular flexibility index (Phi) is 5.47. The van der Waals surface area contributed by atoms with E-state index in [1.165, 1.54) is 7.11 Å². The Balaban J connectivity index is 1.35. The highest BCUT2D eigenvalue weighted by atomic mass is 19.1. The van der Waals surface area contributed by atoms with Crippen LogP contribution in [0.5, 0.6) is 5.75 Å². The van der Waals surface area contributed by atoms with Crippen molar-refractivity contribution in [1.29, 1.82) is 0 Å². The summed E-state index contributed by atoms with van der Waals surface area (Å²) in [6.07, 6.45) is 2.81. The van der Waals surface area contributed by atoms with E-state index in [1.807, 2.05) is 4.90 Å². The number of amides is 1. The molecule has 1 atom stereocenters. The summed E-state index contributed by atoms with van der Waals surface area (Å²) in [6, 6.07) is 8.88. The molecule has 3 aromatic rings. The van der Waals surface area contributed by atoms with E-state index < -0.39 is 11.6 Å². The largest absolute Gasteiger partial charge is 0.494 e. The predicted molar refractivity (Wildman–Crippen MR) is 118 cm³/mol. The minimum absolute atomic E-state index is 0.116. The third kappa shape index (κ3) is 4.15. The maximum atomic E-state index is 14.4. The van der Waals surface area contributed by atoms with Gasteiger partial charge in [-0.1, -0.05) is 24.3 Å². The number of hydrogen-bond donors (Lipinski definition) is 1. The van der Waals surface area contributed by atoms with E-state index in [0.29, 0.717) is 30.0 Å². The summed E-state index contributed by atoms with van der Waals surface area (Å²) in [5.41, 5.74) is 0.970. The van der Waals surface area contributed by atoms with Gasteiger partial charge in [0.05, 0.1) is 7.11 Å². The topological polar surface area (TPSA) is 80.2 Å². The summed E-state index contributed by atoms with van der Waals surface area (Å²) in [6.45, 7) is 1.83. The van der Waals surface area contributed by atoms with Crippen molar-refractivity contribution in [3.05, 3.63) is 58.5 Å². The van der Waals surface area contributed by atoms with Gasteiger partial charge in [0.1, 0.15) is 5.82 Å². The minimum Gasteiger partial charge on any atom is -0.494 e. The summed E-state index contributed by atoms with van der Waals surface area (Å²) in [5, 5.41) is 6.67. The summed E-state index contributed by atoms with van der Waals surface area (Å²) < 4.78 is 34.9. The molecule has 0 unspecified atom stereocenters. The summed E-state index contributed by atoms with van der Waals surface area (Å²) in [7, 11) is 1.28. The maximum Gasteiger partial charge on any atom is 0.343 e. The third-order valence-corrected chi connectivity index (χ3v) is 6.42. The normalized spacial score (nSPS) is 18.0. The molecule has 1 saturated carbocycles. The number of aromatic nitrogens is 3. The van der Waals surface area contributed by atoms with Crippen molar-refractivity contribution in [1.82, 2.24) is 19.7 Å². The molecule has 9 heteroatoms. The number of methoxy groups -OCH3 is 1. The minimum atomic E-state index is -0.648. The number of hydrogen-bond acceptors (Lipinski definition) is 4. The molecule has 1 aromatic heterocycles. The van der Waals surface area contributed by atoms with E-state index in [1.54, 1.807) is 28.8 Å². The number of carbonyl (C=O) groups excluding carboxylic acids is 1. The van der Waals surface area contributed by atoms with Crippen LogP contribution in [0, 0.1) is 23.5 Å². The van der Waals surface area contributed by atoms with Crippen molar-refractivity contribution in [3.63, 3.8) is 0 Å². The first-order chi connectivity index (χ1) is 15.9. The van der Waals surface area contributed by atoms with E-state index in [9.17, 15) is 18.4 Å². The van der Waals surface area contributed by atoms with Crippen molar-refractivity contribution in [2.75, 3.05) is 20.2 Å². The van der Waals surface area contributed by atoms with Gasteiger partial charge in [-0.15, -0.1) is 0 Å². The molecule has 7 nitrogen and oxygen atoms in total. The summed E-state index contributed by atoms with van der Waals surface area (Å²) >= 11 is 0. The maximum absolute atomic E-state index is 14.4. The second-order valence-electron chi connectivity index (χ2n) is 8.72. The van der Waals surface area contributed by atoms with Crippen LogP contribution in [-0.4, -0.2) is 45.8 Å². The molecule has 2 aromatic carbocycles. The Morgan fingerprint density at radius 2 is 1.85 bits per heavy atom. The van der Waals surface area contributed by atoms with E-state index in [2.05, 4.69) is 10.2 Å². The fourth-order valence-electron chi connectivity index (χ4n) is 4.44. The molecule has 5 rings (SSSR count). The van der Waals surface area contributed by atoms with Crippen LogP contribution in [-0.2, 0) is 11.3 Å². The standard InChI is InChI=1S/C24H24F2N4O3/c1-33-21-11-19(25)18(10-20(21)26)15-2-4-16(5-3-15)22-27-28-24(32)30(22)13-14-8-9-29(12-14)23(31)17-6-7-17/h2-5,10-11,14,17H,6-9,12-13H2,1H3,(H,28,32)/t14-/m1/s1. The van der Waals surface area contributed by atoms with Gasteiger partial charge in [0.25, 0.3) is 0 Å². The summed E-state index contributed by atoms with van der Waals surface area (Å²) in [4.78, 5) is 26.7. The van der Waals surface area contributed by atoms with Crippen LogP contribution in [0.4, 0.5) is 8.78 Å². The molecular weight excluding hydrogens is 430 g/mol. The summed E-state index contributed by atoms with van der Waals surface area (Å²) in [5.74, 6) is -0.322. The molecule has 0 spiro atoms. The van der Waals surface area contributed by atoms with Gasteiger partial charge >= 0.3 is 5.69 Å². The fourth-order valence-corrected chi connectivity index (χ4v) is 4.44. The zero-order valence-electron chi connectivity index (χ0n) is 18.2. The van der Waals surface area contributed by atoms with Gasteiger partial charge in [0.2, 0.25) is 5.91 Å². The molecule has 2 fully saturated rings. The first-order valence-corrected chi connectivity index (χ1v) is 11.0. The molecule has 1 aliphatic heterocycles. The van der Waals surface area contributed by atoms with E-state index in [-0.39, 0.29) is 34.7 Å². The number of nitrogens with one attached hydrogen (secondary N) is 1. The molecule has 0 radical (unpaired) electrons. The molecule has 1 aliphatic carbocycles. The molecule has 2 aliphatic rings. The molecule has 1 N–H and O–H groups in total. The van der Waals surface area contributed by atoms with Crippen molar-refractivity contribution < 1.29 is 18.3 Å². The number of ether oxygens (including phenoxy) is 1. The fraction of sp³-hybridized carbons (Fsp3) is 0.375. The molecule has 1 amide bonds. The Labute approximate surface area is 189 Å². The van der Waals surface area contributed by atoms with E-state index in [4.69, 9.17) is 4.74 Å². The highest BCUT2D eigenvalue weighted by Crippen LogP contribution is 2.33. The number of benzene rings is 2. The number of carbonyl (C=O) groups is 1. The molecule has 2 heterocycles. The lowest BCUT2D eigenvalue weighted by Crippen LogP contribution is -2.31. The van der Waals surface area contributed by atoms with Crippen LogP contribution in [0.2, 0.25) is 0 Å². The zero-order chi connectivity index (χ0) is 23.1. The van der Waals surface area contributed by atoms with Crippen LogP contribution in [0.15, 0.2) is 41.2 Å². The second-order valence-corrected chi connectivity index (χ2v) is 8.72. The van der Waals surface area contributed by atoms with Crippen molar-refractivity contribution >= 4 is 5.91 Å². The highest BCUT2D eigenvalue weighted by Gasteiger charge is 2.36. The number of halogens is 2. The van der Waals surface area contributed by atoms with Gasteiger partial charge in [0, 0.05) is 42.7 Å². The van der Waals surface area contributed by atoms with Gasteiger partial charge in [-0.3, -0.25) is 9.36 Å². The molecule has 1 saturated heterocycles. The third-order valence-electron chi connectivity index (χ3n) is 6.42. The SMILES string of the molecule is COc1cc(F)c(-c2ccc(-c3n[nH]c(=O)n3C[C@@H]3CCN(C(=O)C4CC4)C3)cc2)cc1F. The van der Waals surface area contributed by atoms with Gasteiger partial charge in [0.15, 0.2) is 17.4 Å². The second kappa shape index (κ2) is 8.46. The lowest BCUT2D eigenvalue weighted by molar-refractivity contribution is -0.131. The monoisotopic (exact) mass is 454 g/mol.